The highest BCUT2D eigenvalue weighted by atomic mass is 35.5. The van der Waals surface area contributed by atoms with E-state index in [-0.39, 0.29) is 38.1 Å². The third-order valence-electron chi connectivity index (χ3n) is 4.55. The standard InChI is InChI=1S/C20H13ClFNO4S/c1-26-19(24)16-14(13-10(21)6-4-7-11(13)22)15-17(27-18(16)23)9-5-2-3-8-12(9)28-20(15)25/h2-8,14H,23H2,1H3/t14-/m1/s1. The summed E-state index contributed by atoms with van der Waals surface area (Å²) in [4.78, 5) is 25.5. The van der Waals surface area contributed by atoms with Crippen molar-refractivity contribution in [2.45, 2.75) is 5.92 Å². The maximum absolute atomic E-state index is 14.8. The highest BCUT2D eigenvalue weighted by Crippen LogP contribution is 2.47. The number of hydrogen-bond donors (Lipinski definition) is 1. The molecule has 8 heteroatoms. The van der Waals surface area contributed by atoms with E-state index in [1.165, 1.54) is 25.3 Å². The third-order valence-corrected chi connectivity index (χ3v) is 5.86. The molecule has 5 nitrogen and oxygen atoms in total. The summed E-state index contributed by atoms with van der Waals surface area (Å²) in [5.74, 6) is -2.72. The van der Waals surface area contributed by atoms with E-state index in [2.05, 4.69) is 0 Å². The number of halogens is 2. The van der Waals surface area contributed by atoms with Gasteiger partial charge in [0.25, 0.3) is 0 Å². The molecule has 142 valence electrons. The Hall–Kier alpha value is -2.90. The van der Waals surface area contributed by atoms with Gasteiger partial charge in [-0.25, -0.2) is 9.18 Å². The van der Waals surface area contributed by atoms with Crippen LogP contribution < -0.4 is 15.2 Å². The molecular weight excluding hydrogens is 405 g/mol. The summed E-state index contributed by atoms with van der Waals surface area (Å²) in [6.45, 7) is 0. The number of rotatable bonds is 2. The average molecular weight is 418 g/mol. The molecule has 0 saturated heterocycles. The van der Waals surface area contributed by atoms with Crippen molar-refractivity contribution >= 4 is 39.0 Å². The van der Waals surface area contributed by atoms with Gasteiger partial charge in [0.2, 0.25) is 10.6 Å². The lowest BCUT2D eigenvalue weighted by molar-refractivity contribution is -0.136. The number of ether oxygens (including phenoxy) is 2. The molecule has 0 aliphatic carbocycles. The van der Waals surface area contributed by atoms with Crippen molar-refractivity contribution in [3.63, 3.8) is 0 Å². The summed E-state index contributed by atoms with van der Waals surface area (Å²) < 4.78 is 25.6. The molecular formula is C20H13ClFNO4S. The Labute approximate surface area is 167 Å². The first-order chi connectivity index (χ1) is 13.4. The van der Waals surface area contributed by atoms with Gasteiger partial charge in [0.1, 0.15) is 17.1 Å². The smallest absolute Gasteiger partial charge is 0.340 e. The lowest BCUT2D eigenvalue weighted by Crippen LogP contribution is -2.30. The van der Waals surface area contributed by atoms with Crippen LogP contribution in [0.2, 0.25) is 5.02 Å². The zero-order valence-electron chi connectivity index (χ0n) is 14.5. The molecule has 0 fully saturated rings. The Bertz CT molecular complexity index is 1200. The molecule has 1 atom stereocenters. The molecule has 2 aromatic carbocycles. The van der Waals surface area contributed by atoms with Gasteiger partial charge in [-0.3, -0.25) is 4.79 Å². The molecule has 4 rings (SSSR count). The van der Waals surface area contributed by atoms with Crippen LogP contribution >= 0.6 is 22.9 Å². The predicted molar refractivity (Wildman–Crippen MR) is 105 cm³/mol. The van der Waals surface area contributed by atoms with Gasteiger partial charge in [-0.1, -0.05) is 41.1 Å². The summed E-state index contributed by atoms with van der Waals surface area (Å²) >= 11 is 7.24. The van der Waals surface area contributed by atoms with Crippen LogP contribution in [0.15, 0.2) is 58.7 Å². The second-order valence-electron chi connectivity index (χ2n) is 6.07. The summed E-state index contributed by atoms with van der Waals surface area (Å²) in [7, 11) is 1.17. The molecule has 28 heavy (non-hydrogen) atoms. The summed E-state index contributed by atoms with van der Waals surface area (Å²) in [6.07, 6.45) is 0. The number of esters is 1. The minimum Gasteiger partial charge on any atom is -0.465 e. The van der Waals surface area contributed by atoms with Gasteiger partial charge in [0, 0.05) is 20.7 Å². The Morgan fingerprint density at radius 2 is 1.96 bits per heavy atom. The van der Waals surface area contributed by atoms with Gasteiger partial charge in [-0.15, -0.1) is 0 Å². The minimum absolute atomic E-state index is 0.0309. The topological polar surface area (TPSA) is 78.6 Å². The number of benzene rings is 2. The third kappa shape index (κ3) is 2.75. The molecule has 1 aliphatic rings. The Morgan fingerprint density at radius 3 is 2.68 bits per heavy atom. The fraction of sp³-hybridized carbons (Fsp3) is 0.100. The maximum Gasteiger partial charge on any atom is 0.340 e. The number of fused-ring (bicyclic) bond motifs is 3. The van der Waals surface area contributed by atoms with E-state index in [1.54, 1.807) is 24.3 Å². The van der Waals surface area contributed by atoms with Crippen LogP contribution in [0.3, 0.4) is 0 Å². The van der Waals surface area contributed by atoms with Gasteiger partial charge in [0.15, 0.2) is 0 Å². The Balaban J connectivity index is 2.14. The Kier molecular flexibility index (Phi) is 4.56. The molecule has 2 heterocycles. The van der Waals surface area contributed by atoms with Crippen LogP contribution in [0.25, 0.3) is 10.1 Å². The van der Waals surface area contributed by atoms with Crippen LogP contribution in [0.1, 0.15) is 17.0 Å². The highest BCUT2D eigenvalue weighted by Gasteiger charge is 2.40. The number of hydrogen-bond acceptors (Lipinski definition) is 6. The second kappa shape index (κ2) is 6.92. The van der Waals surface area contributed by atoms with E-state index >= 15 is 0 Å². The maximum atomic E-state index is 14.8. The predicted octanol–water partition coefficient (Wildman–Crippen LogP) is 3.92. The van der Waals surface area contributed by atoms with Crippen LogP contribution in [0.4, 0.5) is 4.39 Å². The van der Waals surface area contributed by atoms with Crippen molar-refractivity contribution in [3.8, 4) is 5.75 Å². The first-order valence-electron chi connectivity index (χ1n) is 8.19. The van der Waals surface area contributed by atoms with E-state index in [0.29, 0.717) is 10.1 Å². The van der Waals surface area contributed by atoms with E-state index in [0.717, 1.165) is 11.3 Å². The van der Waals surface area contributed by atoms with Gasteiger partial charge in [0.05, 0.1) is 18.6 Å². The quantitative estimate of drug-likeness (QED) is 0.639. The number of methoxy groups -OCH3 is 1. The molecule has 0 unspecified atom stereocenters. The molecule has 0 spiro atoms. The van der Waals surface area contributed by atoms with Crippen LogP contribution in [0, 0.1) is 5.82 Å². The van der Waals surface area contributed by atoms with Crippen molar-refractivity contribution in [1.29, 1.82) is 0 Å². The SMILES string of the molecule is COC(=O)C1=C(N)Oc2c(c(=O)sc3ccccc23)[C@H]1c1c(F)cccc1Cl. The van der Waals surface area contributed by atoms with Crippen LogP contribution in [-0.2, 0) is 9.53 Å². The molecule has 3 aromatic rings. The van der Waals surface area contributed by atoms with Crippen molar-refractivity contribution in [3.05, 3.63) is 85.4 Å². The van der Waals surface area contributed by atoms with Crippen molar-refractivity contribution in [2.75, 3.05) is 7.11 Å². The summed E-state index contributed by atoms with van der Waals surface area (Å²) in [5.41, 5.74) is 5.94. The van der Waals surface area contributed by atoms with Gasteiger partial charge in [-0.05, 0) is 24.3 Å². The van der Waals surface area contributed by atoms with Crippen molar-refractivity contribution in [2.24, 2.45) is 5.73 Å². The largest absolute Gasteiger partial charge is 0.465 e. The second-order valence-corrected chi connectivity index (χ2v) is 7.49. The van der Waals surface area contributed by atoms with E-state index in [1.807, 2.05) is 0 Å². The van der Waals surface area contributed by atoms with Crippen LogP contribution in [0.5, 0.6) is 5.75 Å². The van der Waals surface area contributed by atoms with Crippen molar-refractivity contribution < 1.29 is 18.7 Å². The minimum atomic E-state index is -1.15. The highest BCUT2D eigenvalue weighted by molar-refractivity contribution is 7.16. The first-order valence-corrected chi connectivity index (χ1v) is 9.39. The van der Waals surface area contributed by atoms with Gasteiger partial charge < -0.3 is 15.2 Å². The van der Waals surface area contributed by atoms with E-state index in [4.69, 9.17) is 26.8 Å². The first kappa shape index (κ1) is 18.5. The zero-order chi connectivity index (χ0) is 20.0. The van der Waals surface area contributed by atoms with E-state index < -0.39 is 17.7 Å². The number of carbonyl (C=O) groups is 1. The molecule has 1 aromatic heterocycles. The van der Waals surface area contributed by atoms with Crippen LogP contribution in [-0.4, -0.2) is 13.1 Å². The Morgan fingerprint density at radius 1 is 1.21 bits per heavy atom. The number of carbonyl (C=O) groups excluding carboxylic acids is 1. The van der Waals surface area contributed by atoms with Crippen molar-refractivity contribution in [1.82, 2.24) is 0 Å². The monoisotopic (exact) mass is 417 g/mol. The molecule has 0 saturated carbocycles. The van der Waals surface area contributed by atoms with E-state index in [9.17, 15) is 14.0 Å². The van der Waals surface area contributed by atoms with Gasteiger partial charge >= 0.3 is 5.97 Å². The lowest BCUT2D eigenvalue weighted by atomic mass is 9.83. The fourth-order valence-corrected chi connectivity index (χ4v) is 4.56. The van der Waals surface area contributed by atoms with Gasteiger partial charge in [-0.2, -0.15) is 0 Å². The normalized spacial score (nSPS) is 15.9. The molecule has 0 bridgehead atoms. The lowest BCUT2D eigenvalue weighted by Gasteiger charge is -2.28. The summed E-state index contributed by atoms with van der Waals surface area (Å²) in [6, 6.07) is 11.2. The number of nitrogens with two attached hydrogens (primary N) is 1. The molecule has 0 amide bonds. The molecule has 1 aliphatic heterocycles. The molecule has 2 N–H and O–H groups in total. The fourth-order valence-electron chi connectivity index (χ4n) is 3.35. The average Bonchev–Trinajstić information content (AvgIpc) is 2.67. The molecule has 0 radical (unpaired) electrons. The zero-order valence-corrected chi connectivity index (χ0v) is 16.1. The summed E-state index contributed by atoms with van der Waals surface area (Å²) in [5, 5.41) is 0.691.